The lowest BCUT2D eigenvalue weighted by Crippen LogP contribution is -2.00. The Bertz CT molecular complexity index is 695. The first-order valence-corrected chi connectivity index (χ1v) is 7.45. The third-order valence-corrected chi connectivity index (χ3v) is 3.45. The van der Waals surface area contributed by atoms with Crippen molar-refractivity contribution in [2.75, 3.05) is 13.2 Å². The summed E-state index contributed by atoms with van der Waals surface area (Å²) < 4.78 is 11.9. The van der Waals surface area contributed by atoms with Gasteiger partial charge in [0.25, 0.3) is 0 Å². The summed E-state index contributed by atoms with van der Waals surface area (Å²) in [5, 5.41) is 0. The molecule has 0 spiro atoms. The van der Waals surface area contributed by atoms with Crippen LogP contribution >= 0.6 is 12.2 Å². The van der Waals surface area contributed by atoms with Crippen molar-refractivity contribution in [2.45, 2.75) is 27.7 Å². The molecule has 21 heavy (non-hydrogen) atoms. The second kappa shape index (κ2) is 6.72. The van der Waals surface area contributed by atoms with E-state index >= 15 is 0 Å². The summed E-state index contributed by atoms with van der Waals surface area (Å²) in [4.78, 5) is 7.76. The van der Waals surface area contributed by atoms with Crippen LogP contribution in [0.15, 0.2) is 18.2 Å². The van der Waals surface area contributed by atoms with Gasteiger partial charge in [-0.15, -0.1) is 0 Å². The normalized spacial score (nSPS) is 10.5. The quantitative estimate of drug-likeness (QED) is 0.840. The van der Waals surface area contributed by atoms with Crippen LogP contribution in [0, 0.1) is 18.5 Å². The van der Waals surface area contributed by atoms with Gasteiger partial charge in [-0.2, -0.15) is 0 Å². The van der Waals surface area contributed by atoms with E-state index in [1.54, 1.807) is 0 Å². The number of rotatable bonds is 5. The highest BCUT2D eigenvalue weighted by Gasteiger charge is 2.10. The Balaban J connectivity index is 2.52. The highest BCUT2D eigenvalue weighted by atomic mass is 32.1. The van der Waals surface area contributed by atoms with E-state index in [1.807, 2.05) is 45.9 Å². The fourth-order valence-electron chi connectivity index (χ4n) is 2.02. The molecule has 0 aliphatic carbocycles. The number of nitrogens with one attached hydrogen (secondary N) is 1. The summed E-state index contributed by atoms with van der Waals surface area (Å²) in [6.07, 6.45) is 0. The molecule has 2 aromatic rings. The van der Waals surface area contributed by atoms with Crippen molar-refractivity contribution in [3.05, 3.63) is 34.2 Å². The van der Waals surface area contributed by atoms with Crippen LogP contribution in [-0.4, -0.2) is 23.2 Å². The maximum Gasteiger partial charge on any atom is 0.161 e. The van der Waals surface area contributed by atoms with Crippen LogP contribution in [0.2, 0.25) is 0 Å². The second-order valence-corrected chi connectivity index (χ2v) is 5.06. The van der Waals surface area contributed by atoms with Crippen LogP contribution in [0.25, 0.3) is 11.3 Å². The van der Waals surface area contributed by atoms with Gasteiger partial charge in [0.05, 0.1) is 18.9 Å². The molecule has 0 bridgehead atoms. The van der Waals surface area contributed by atoms with Gasteiger partial charge in [0.1, 0.15) is 10.3 Å². The van der Waals surface area contributed by atoms with Crippen molar-refractivity contribution >= 4 is 12.2 Å². The summed E-state index contributed by atoms with van der Waals surface area (Å²) in [5.74, 6) is 1.45. The van der Waals surface area contributed by atoms with Gasteiger partial charge >= 0.3 is 0 Å². The van der Waals surface area contributed by atoms with Crippen molar-refractivity contribution in [2.24, 2.45) is 0 Å². The molecule has 0 unspecified atom stereocenters. The summed E-state index contributed by atoms with van der Waals surface area (Å²) in [5.41, 5.74) is 3.61. The molecule has 0 radical (unpaired) electrons. The number of ether oxygens (including phenoxy) is 2. The first kappa shape index (κ1) is 15.5. The Morgan fingerprint density at radius 1 is 1.10 bits per heavy atom. The van der Waals surface area contributed by atoms with E-state index in [4.69, 9.17) is 21.7 Å². The number of aromatic amines is 1. The molecule has 0 saturated heterocycles. The average Bonchev–Trinajstić information content (AvgIpc) is 2.45. The number of nitrogens with zero attached hydrogens (tertiary/aromatic N) is 1. The summed E-state index contributed by atoms with van der Waals surface area (Å²) in [6.45, 7) is 9.00. The van der Waals surface area contributed by atoms with E-state index in [0.717, 1.165) is 28.4 Å². The summed E-state index contributed by atoms with van der Waals surface area (Å²) in [7, 11) is 0. The minimum absolute atomic E-state index is 0.580. The fraction of sp³-hybridized carbons (Fsp3) is 0.375. The van der Waals surface area contributed by atoms with Gasteiger partial charge in [-0.05, 0) is 45.9 Å². The lowest BCUT2D eigenvalue weighted by molar-refractivity contribution is 0.288. The van der Waals surface area contributed by atoms with E-state index in [0.29, 0.717) is 23.6 Å². The smallest absolute Gasteiger partial charge is 0.161 e. The van der Waals surface area contributed by atoms with Crippen LogP contribution in [0.5, 0.6) is 11.5 Å². The first-order valence-electron chi connectivity index (χ1n) is 7.04. The molecule has 4 nitrogen and oxygen atoms in total. The van der Waals surface area contributed by atoms with Crippen LogP contribution < -0.4 is 9.47 Å². The monoisotopic (exact) mass is 304 g/mol. The van der Waals surface area contributed by atoms with E-state index in [2.05, 4.69) is 9.97 Å². The molecular weight excluding hydrogens is 284 g/mol. The zero-order valence-electron chi connectivity index (χ0n) is 12.8. The van der Waals surface area contributed by atoms with E-state index in [-0.39, 0.29) is 0 Å². The Kier molecular flexibility index (Phi) is 4.96. The summed E-state index contributed by atoms with van der Waals surface area (Å²) in [6, 6.07) is 5.78. The predicted octanol–water partition coefficient (Wildman–Crippen LogP) is 4.22. The van der Waals surface area contributed by atoms with Crippen LogP contribution in [-0.2, 0) is 0 Å². The molecule has 0 fully saturated rings. The Labute approximate surface area is 130 Å². The summed E-state index contributed by atoms with van der Waals surface area (Å²) >= 11 is 5.38. The molecule has 0 aliphatic rings. The van der Waals surface area contributed by atoms with Crippen molar-refractivity contribution in [1.29, 1.82) is 0 Å². The molecule has 0 atom stereocenters. The third-order valence-electron chi connectivity index (χ3n) is 3.16. The lowest BCUT2D eigenvalue weighted by atomic mass is 10.1. The van der Waals surface area contributed by atoms with Crippen LogP contribution in [0.4, 0.5) is 0 Å². The minimum atomic E-state index is 0.580. The fourth-order valence-corrected chi connectivity index (χ4v) is 2.33. The Hall–Kier alpha value is -1.88. The molecule has 5 heteroatoms. The van der Waals surface area contributed by atoms with Gasteiger partial charge in [0.15, 0.2) is 11.5 Å². The van der Waals surface area contributed by atoms with Gasteiger partial charge < -0.3 is 14.5 Å². The van der Waals surface area contributed by atoms with E-state index in [9.17, 15) is 0 Å². The zero-order valence-corrected chi connectivity index (χ0v) is 13.6. The Morgan fingerprint density at radius 2 is 1.76 bits per heavy atom. The van der Waals surface area contributed by atoms with Gasteiger partial charge in [0, 0.05) is 11.3 Å². The minimum Gasteiger partial charge on any atom is -0.490 e. The maximum absolute atomic E-state index is 5.65. The molecule has 1 heterocycles. The molecular formula is C16H20N2O2S. The number of aromatic nitrogens is 2. The average molecular weight is 304 g/mol. The molecule has 1 aromatic heterocycles. The second-order valence-electron chi connectivity index (χ2n) is 4.65. The standard InChI is InChI=1S/C16H20N2O2S/c1-5-19-13-8-7-12(9-14(13)20-6-2)15-16(21)18-11(4)10(3)17-15/h7-9H,5-6H2,1-4H3,(H,18,21). The molecule has 112 valence electrons. The van der Waals surface area contributed by atoms with Gasteiger partial charge in [-0.1, -0.05) is 12.2 Å². The van der Waals surface area contributed by atoms with Gasteiger partial charge in [-0.3, -0.25) is 0 Å². The molecule has 0 saturated carbocycles. The topological polar surface area (TPSA) is 47.1 Å². The Morgan fingerprint density at radius 3 is 2.43 bits per heavy atom. The van der Waals surface area contributed by atoms with Gasteiger partial charge in [0.2, 0.25) is 0 Å². The van der Waals surface area contributed by atoms with E-state index in [1.165, 1.54) is 0 Å². The molecule has 0 aliphatic heterocycles. The highest BCUT2D eigenvalue weighted by Crippen LogP contribution is 2.32. The van der Waals surface area contributed by atoms with Crippen LogP contribution in [0.1, 0.15) is 25.2 Å². The first-order chi connectivity index (χ1) is 10.1. The number of benzene rings is 1. The largest absolute Gasteiger partial charge is 0.490 e. The van der Waals surface area contributed by atoms with Crippen molar-refractivity contribution in [3.63, 3.8) is 0 Å². The molecule has 2 rings (SSSR count). The highest BCUT2D eigenvalue weighted by molar-refractivity contribution is 7.71. The number of hydrogen-bond donors (Lipinski definition) is 1. The van der Waals surface area contributed by atoms with Crippen LogP contribution in [0.3, 0.4) is 0 Å². The van der Waals surface area contributed by atoms with Crippen molar-refractivity contribution < 1.29 is 9.47 Å². The predicted molar refractivity (Wildman–Crippen MR) is 86.7 cm³/mol. The third kappa shape index (κ3) is 3.42. The van der Waals surface area contributed by atoms with E-state index < -0.39 is 0 Å². The van der Waals surface area contributed by atoms with Gasteiger partial charge in [-0.25, -0.2) is 4.98 Å². The number of aryl methyl sites for hydroxylation is 2. The van der Waals surface area contributed by atoms with Crippen molar-refractivity contribution in [3.8, 4) is 22.8 Å². The number of H-pyrrole nitrogens is 1. The lowest BCUT2D eigenvalue weighted by Gasteiger charge is -2.13. The zero-order chi connectivity index (χ0) is 15.4. The SMILES string of the molecule is CCOc1ccc(-c2nc(C)c(C)[nH]c2=S)cc1OCC. The molecule has 1 N–H and O–H groups in total. The molecule has 1 aromatic carbocycles. The maximum atomic E-state index is 5.65. The molecule has 0 amide bonds. The van der Waals surface area contributed by atoms with Crippen molar-refractivity contribution in [1.82, 2.24) is 9.97 Å². The number of hydrogen-bond acceptors (Lipinski definition) is 4.